The Morgan fingerprint density at radius 2 is 2.00 bits per heavy atom. The molecule has 1 amide bonds. The Morgan fingerprint density at radius 1 is 1.27 bits per heavy atom. The Hall–Kier alpha value is -1.40. The molecular weight excluding hydrogens is 300 g/mol. The van der Waals surface area contributed by atoms with Gasteiger partial charge in [-0.15, -0.1) is 0 Å². The van der Waals surface area contributed by atoms with E-state index in [1.807, 2.05) is 4.90 Å². The summed E-state index contributed by atoms with van der Waals surface area (Å²) in [4.78, 5) is 14.4. The van der Waals surface area contributed by atoms with Gasteiger partial charge in [-0.25, -0.2) is 13.1 Å². The van der Waals surface area contributed by atoms with Crippen LogP contribution in [0.2, 0.25) is 0 Å². The summed E-state index contributed by atoms with van der Waals surface area (Å²) in [5.74, 6) is 0.0438. The Balaban J connectivity index is 1.86. The number of hydrogen-bond acceptors (Lipinski definition) is 3. The Kier molecular flexibility index (Phi) is 5.97. The first-order valence-corrected chi connectivity index (χ1v) is 9.37. The molecule has 1 saturated heterocycles. The molecular formula is C16H24N2O3S. The molecule has 0 aliphatic carbocycles. The molecule has 1 aromatic carbocycles. The van der Waals surface area contributed by atoms with Crippen LogP contribution in [-0.4, -0.2) is 38.4 Å². The van der Waals surface area contributed by atoms with Gasteiger partial charge in [0.05, 0.1) is 4.90 Å². The molecule has 1 atom stereocenters. The number of sulfonamides is 1. The summed E-state index contributed by atoms with van der Waals surface area (Å²) in [5.41, 5.74) is 0. The van der Waals surface area contributed by atoms with Crippen LogP contribution in [0.4, 0.5) is 0 Å². The second-order valence-corrected chi connectivity index (χ2v) is 7.37. The normalized spacial score (nSPS) is 19.1. The van der Waals surface area contributed by atoms with Crippen LogP contribution >= 0.6 is 0 Å². The second kappa shape index (κ2) is 7.74. The first kappa shape index (κ1) is 17.0. The van der Waals surface area contributed by atoms with Crippen LogP contribution in [0.3, 0.4) is 0 Å². The third kappa shape index (κ3) is 4.30. The van der Waals surface area contributed by atoms with Gasteiger partial charge in [0.25, 0.3) is 0 Å². The van der Waals surface area contributed by atoms with E-state index in [1.165, 1.54) is 6.42 Å². The lowest BCUT2D eigenvalue weighted by Gasteiger charge is -2.35. The summed E-state index contributed by atoms with van der Waals surface area (Å²) in [7, 11) is -3.53. The van der Waals surface area contributed by atoms with Crippen molar-refractivity contribution in [1.82, 2.24) is 9.62 Å². The molecule has 22 heavy (non-hydrogen) atoms. The molecule has 6 heteroatoms. The van der Waals surface area contributed by atoms with Gasteiger partial charge in [-0.3, -0.25) is 4.79 Å². The van der Waals surface area contributed by atoms with E-state index in [2.05, 4.69) is 11.6 Å². The number of carbonyl (C=O) groups is 1. The Morgan fingerprint density at radius 3 is 2.68 bits per heavy atom. The average Bonchev–Trinajstić information content (AvgIpc) is 2.55. The van der Waals surface area contributed by atoms with Crippen LogP contribution in [0.1, 0.15) is 39.0 Å². The number of piperidine rings is 1. The van der Waals surface area contributed by atoms with Crippen LogP contribution in [0.25, 0.3) is 0 Å². The molecule has 0 unspecified atom stereocenters. The number of nitrogens with zero attached hydrogens (tertiary/aromatic N) is 1. The van der Waals surface area contributed by atoms with Gasteiger partial charge >= 0.3 is 0 Å². The van der Waals surface area contributed by atoms with Crippen LogP contribution in [0.15, 0.2) is 35.2 Å². The van der Waals surface area contributed by atoms with Crippen molar-refractivity contribution in [1.29, 1.82) is 0 Å². The maximum Gasteiger partial charge on any atom is 0.240 e. The molecule has 0 aromatic heterocycles. The van der Waals surface area contributed by atoms with Gasteiger partial charge in [-0.2, -0.15) is 0 Å². The topological polar surface area (TPSA) is 66.5 Å². The van der Waals surface area contributed by atoms with Crippen LogP contribution in [-0.2, 0) is 14.8 Å². The van der Waals surface area contributed by atoms with Crippen molar-refractivity contribution in [3.05, 3.63) is 30.3 Å². The van der Waals surface area contributed by atoms with Crippen molar-refractivity contribution in [2.45, 2.75) is 50.0 Å². The standard InChI is InChI=1S/C16H24N2O3S/c1-2-14-8-6-7-13-18(14)16(19)11-12-17-22(20,21)15-9-4-3-5-10-15/h3-5,9-10,14,17H,2,6-8,11-13H2,1H3/t14-/m0/s1. The van der Waals surface area contributed by atoms with Gasteiger partial charge < -0.3 is 4.90 Å². The van der Waals surface area contributed by atoms with E-state index in [1.54, 1.807) is 30.3 Å². The molecule has 1 aromatic rings. The molecule has 0 spiro atoms. The molecule has 1 aliphatic heterocycles. The number of carbonyl (C=O) groups excluding carboxylic acids is 1. The van der Waals surface area contributed by atoms with Crippen LogP contribution < -0.4 is 4.72 Å². The summed E-state index contributed by atoms with van der Waals surface area (Å²) >= 11 is 0. The number of rotatable bonds is 6. The lowest BCUT2D eigenvalue weighted by atomic mass is 9.99. The average molecular weight is 324 g/mol. The fraction of sp³-hybridized carbons (Fsp3) is 0.562. The maximum atomic E-state index is 12.3. The van der Waals surface area contributed by atoms with Crippen molar-refractivity contribution in [2.75, 3.05) is 13.1 Å². The van der Waals surface area contributed by atoms with Crippen molar-refractivity contribution >= 4 is 15.9 Å². The number of hydrogen-bond donors (Lipinski definition) is 1. The summed E-state index contributed by atoms with van der Waals surface area (Å²) in [6, 6.07) is 8.53. The van der Waals surface area contributed by atoms with E-state index in [4.69, 9.17) is 0 Å². The third-order valence-corrected chi connectivity index (χ3v) is 5.58. The number of likely N-dealkylation sites (tertiary alicyclic amines) is 1. The summed E-state index contributed by atoms with van der Waals surface area (Å²) in [5, 5.41) is 0. The quantitative estimate of drug-likeness (QED) is 0.872. The van der Waals surface area contributed by atoms with Gasteiger partial charge in [0.15, 0.2) is 0 Å². The van der Waals surface area contributed by atoms with E-state index in [9.17, 15) is 13.2 Å². The first-order chi connectivity index (χ1) is 10.5. The Labute approximate surface area is 132 Å². The van der Waals surface area contributed by atoms with Gasteiger partial charge in [0.2, 0.25) is 15.9 Å². The fourth-order valence-corrected chi connectivity index (χ4v) is 3.93. The molecule has 1 aliphatic rings. The molecule has 122 valence electrons. The van der Waals surface area contributed by atoms with E-state index in [0.717, 1.165) is 25.8 Å². The van der Waals surface area contributed by atoms with Gasteiger partial charge in [-0.05, 0) is 37.8 Å². The van der Waals surface area contributed by atoms with Crippen molar-refractivity contribution < 1.29 is 13.2 Å². The van der Waals surface area contributed by atoms with E-state index >= 15 is 0 Å². The van der Waals surface area contributed by atoms with E-state index in [-0.39, 0.29) is 23.8 Å². The lowest BCUT2D eigenvalue weighted by Crippen LogP contribution is -2.44. The zero-order valence-electron chi connectivity index (χ0n) is 13.0. The molecule has 5 nitrogen and oxygen atoms in total. The fourth-order valence-electron chi connectivity index (χ4n) is 2.87. The monoisotopic (exact) mass is 324 g/mol. The highest BCUT2D eigenvalue weighted by Crippen LogP contribution is 2.20. The smallest absolute Gasteiger partial charge is 0.240 e. The van der Waals surface area contributed by atoms with Crippen molar-refractivity contribution in [3.8, 4) is 0 Å². The minimum absolute atomic E-state index is 0.0438. The van der Waals surface area contributed by atoms with Crippen molar-refractivity contribution in [2.24, 2.45) is 0 Å². The number of benzene rings is 1. The molecule has 0 saturated carbocycles. The molecule has 0 bridgehead atoms. The maximum absolute atomic E-state index is 12.3. The second-order valence-electron chi connectivity index (χ2n) is 5.61. The molecule has 2 rings (SSSR count). The van der Waals surface area contributed by atoms with Crippen LogP contribution in [0.5, 0.6) is 0 Å². The summed E-state index contributed by atoms with van der Waals surface area (Å²) in [6.45, 7) is 3.03. The SMILES string of the molecule is CC[C@H]1CCCCN1C(=O)CCNS(=O)(=O)c1ccccc1. The minimum Gasteiger partial charge on any atom is -0.340 e. The predicted octanol–water partition coefficient (Wildman–Crippen LogP) is 2.15. The highest BCUT2D eigenvalue weighted by molar-refractivity contribution is 7.89. The highest BCUT2D eigenvalue weighted by Gasteiger charge is 2.25. The Bertz CT molecular complexity index is 587. The largest absolute Gasteiger partial charge is 0.340 e. The predicted molar refractivity (Wildman–Crippen MR) is 85.9 cm³/mol. The van der Waals surface area contributed by atoms with E-state index < -0.39 is 10.0 Å². The minimum atomic E-state index is -3.53. The third-order valence-electron chi connectivity index (χ3n) is 4.10. The van der Waals surface area contributed by atoms with E-state index in [0.29, 0.717) is 6.04 Å². The highest BCUT2D eigenvalue weighted by atomic mass is 32.2. The molecule has 1 heterocycles. The van der Waals surface area contributed by atoms with Gasteiger partial charge in [-0.1, -0.05) is 25.1 Å². The van der Waals surface area contributed by atoms with Crippen molar-refractivity contribution in [3.63, 3.8) is 0 Å². The molecule has 1 fully saturated rings. The summed E-state index contributed by atoms with van der Waals surface area (Å²) < 4.78 is 26.7. The van der Waals surface area contributed by atoms with Gasteiger partial charge in [0.1, 0.15) is 0 Å². The van der Waals surface area contributed by atoms with Gasteiger partial charge in [0, 0.05) is 25.6 Å². The number of nitrogens with one attached hydrogen (secondary N) is 1. The zero-order chi connectivity index (χ0) is 16.0. The van der Waals surface area contributed by atoms with Crippen LogP contribution in [0, 0.1) is 0 Å². The lowest BCUT2D eigenvalue weighted by molar-refractivity contribution is -0.134. The zero-order valence-corrected chi connectivity index (χ0v) is 13.8. The first-order valence-electron chi connectivity index (χ1n) is 7.89. The molecule has 1 N–H and O–H groups in total. The summed E-state index contributed by atoms with van der Waals surface area (Å²) in [6.07, 6.45) is 4.43. The molecule has 0 radical (unpaired) electrons. The number of amides is 1.